The zero-order valence-corrected chi connectivity index (χ0v) is 10.7. The van der Waals surface area contributed by atoms with E-state index in [2.05, 4.69) is 6.07 Å². The molecule has 1 aromatic carbocycles. The Kier molecular flexibility index (Phi) is 5.64. The van der Waals surface area contributed by atoms with Gasteiger partial charge in [-0.25, -0.2) is 0 Å². The smallest absolute Gasteiger partial charge is 0.214 e. The summed E-state index contributed by atoms with van der Waals surface area (Å²) in [6.07, 6.45) is 0.463. The van der Waals surface area contributed by atoms with E-state index in [9.17, 15) is 4.79 Å². The molecule has 13 heavy (non-hydrogen) atoms. The van der Waals surface area contributed by atoms with Crippen LogP contribution in [0.5, 0.6) is 0 Å². The van der Waals surface area contributed by atoms with E-state index in [1.807, 2.05) is 24.3 Å². The zero-order chi connectivity index (χ0) is 8.97. The number of nitrogens with zero attached hydrogens (tertiary/aromatic N) is 1. The minimum atomic E-state index is 0. The molecule has 0 N–H and O–H groups in total. The van der Waals surface area contributed by atoms with Crippen molar-refractivity contribution in [1.82, 2.24) is 4.90 Å². The number of hydrogen-bond donors (Lipinski definition) is 0. The van der Waals surface area contributed by atoms with E-state index < -0.39 is 0 Å². The minimum Gasteiger partial charge on any atom is -0.349 e. The molecule has 3 heteroatoms. The number of carbonyl (C=O) groups is 1. The second-order valence-corrected chi connectivity index (χ2v) is 2.88. The van der Waals surface area contributed by atoms with Crippen LogP contribution in [0.2, 0.25) is 0 Å². The molecule has 0 fully saturated rings. The summed E-state index contributed by atoms with van der Waals surface area (Å²) in [6.45, 7) is 0. The first-order chi connectivity index (χ1) is 5.70. The fourth-order valence-corrected chi connectivity index (χ4v) is 0.873. The number of benzene rings is 1. The molecule has 1 amide bonds. The van der Waals surface area contributed by atoms with Crippen molar-refractivity contribution >= 4 is 5.91 Å². The van der Waals surface area contributed by atoms with Gasteiger partial charge in [0.25, 0.3) is 0 Å². The molecule has 0 aromatic heterocycles. The fraction of sp³-hybridized carbons (Fsp3) is 0.300. The van der Waals surface area contributed by atoms with E-state index in [0.717, 1.165) is 5.56 Å². The summed E-state index contributed by atoms with van der Waals surface area (Å²) in [5, 5.41) is 0. The molecule has 1 rings (SSSR count). The van der Waals surface area contributed by atoms with Crippen LogP contribution in [0, 0.1) is 6.07 Å². The van der Waals surface area contributed by atoms with Gasteiger partial charge >= 0.3 is 0 Å². The van der Waals surface area contributed by atoms with Crippen molar-refractivity contribution in [3.05, 3.63) is 35.9 Å². The number of likely N-dealkylation sites (N-methyl/N-ethyl adjacent to an activating group) is 1. The zero-order valence-electron chi connectivity index (χ0n) is 7.78. The van der Waals surface area contributed by atoms with Crippen molar-refractivity contribution in [3.63, 3.8) is 0 Å². The quantitative estimate of drug-likeness (QED) is 0.735. The molecular weight excluding hydrogens is 334 g/mol. The Morgan fingerprint density at radius 2 is 2.23 bits per heavy atom. The number of rotatable bonds is 2. The Bertz CT molecular complexity index is 259. The van der Waals surface area contributed by atoms with E-state index in [1.54, 1.807) is 19.0 Å². The molecule has 2 nitrogen and oxygen atoms in total. The van der Waals surface area contributed by atoms with Gasteiger partial charge in [-0.05, 0) is 0 Å². The number of hydrogen-bond acceptors (Lipinski definition) is 1. The van der Waals surface area contributed by atoms with Crippen molar-refractivity contribution in [2.45, 2.75) is 6.42 Å². The standard InChI is InChI=1S/C10H12NO.W/c1-11(2)10(12)8-9-6-4-3-5-7-9;/h3-4,6-7H,8H2,1-2H3;/q-1;. The first-order valence-corrected chi connectivity index (χ1v) is 3.85. The van der Waals surface area contributed by atoms with Gasteiger partial charge in [-0.15, -0.1) is 5.56 Å². The molecule has 70 valence electrons. The summed E-state index contributed by atoms with van der Waals surface area (Å²) in [5.74, 6) is 0.120. The molecule has 0 aliphatic rings. The third kappa shape index (κ3) is 4.23. The van der Waals surface area contributed by atoms with Gasteiger partial charge in [-0.1, -0.05) is 0 Å². The molecule has 0 aliphatic carbocycles. The van der Waals surface area contributed by atoms with Crippen LogP contribution in [0.1, 0.15) is 5.56 Å². The maximum Gasteiger partial charge on any atom is 0.214 e. The van der Waals surface area contributed by atoms with Crippen molar-refractivity contribution in [2.75, 3.05) is 14.1 Å². The summed E-state index contributed by atoms with van der Waals surface area (Å²) < 4.78 is 0. The van der Waals surface area contributed by atoms with E-state index in [4.69, 9.17) is 0 Å². The largest absolute Gasteiger partial charge is 0.349 e. The SMILES string of the molecule is CN(C)C(=O)Cc1c[c-]ccc1.[W]. The molecule has 0 bridgehead atoms. The van der Waals surface area contributed by atoms with Crippen LogP contribution >= 0.6 is 0 Å². The van der Waals surface area contributed by atoms with Gasteiger partial charge < -0.3 is 4.90 Å². The molecular formula is C10H12NOW-. The predicted octanol–water partition coefficient (Wildman–Crippen LogP) is 1.11. The summed E-state index contributed by atoms with van der Waals surface area (Å²) in [6, 6.07) is 10.4. The van der Waals surface area contributed by atoms with Crippen molar-refractivity contribution < 1.29 is 25.9 Å². The second-order valence-electron chi connectivity index (χ2n) is 2.88. The minimum absolute atomic E-state index is 0. The van der Waals surface area contributed by atoms with Crippen LogP contribution in [0.15, 0.2) is 24.3 Å². The Morgan fingerprint density at radius 3 is 2.69 bits per heavy atom. The van der Waals surface area contributed by atoms with Gasteiger partial charge in [0.2, 0.25) is 5.91 Å². The van der Waals surface area contributed by atoms with Gasteiger partial charge in [0.05, 0.1) is 0 Å². The molecule has 0 saturated carbocycles. The molecule has 0 spiro atoms. The average Bonchev–Trinajstić information content (AvgIpc) is 2.06. The van der Waals surface area contributed by atoms with Crippen LogP contribution in [-0.2, 0) is 32.3 Å². The summed E-state index contributed by atoms with van der Waals surface area (Å²) >= 11 is 0. The van der Waals surface area contributed by atoms with Gasteiger partial charge in [-0.2, -0.15) is 30.3 Å². The van der Waals surface area contributed by atoms with Crippen molar-refractivity contribution in [3.8, 4) is 0 Å². The van der Waals surface area contributed by atoms with Crippen molar-refractivity contribution in [1.29, 1.82) is 0 Å². The van der Waals surface area contributed by atoms with Crippen LogP contribution in [0.25, 0.3) is 0 Å². The fourth-order valence-electron chi connectivity index (χ4n) is 0.873. The molecule has 0 atom stereocenters. The Hall–Kier alpha value is -0.622. The van der Waals surface area contributed by atoms with E-state index in [0.29, 0.717) is 6.42 Å². The second kappa shape index (κ2) is 5.93. The van der Waals surface area contributed by atoms with Crippen LogP contribution in [0.4, 0.5) is 0 Å². The normalized spacial score (nSPS) is 8.77. The molecule has 0 heterocycles. The molecule has 0 aliphatic heterocycles. The third-order valence-electron chi connectivity index (χ3n) is 1.63. The Balaban J connectivity index is 0.00000144. The van der Waals surface area contributed by atoms with Gasteiger partial charge in [0.1, 0.15) is 0 Å². The molecule has 0 unspecified atom stereocenters. The first kappa shape index (κ1) is 12.4. The molecule has 0 radical (unpaired) electrons. The van der Waals surface area contributed by atoms with Crippen LogP contribution in [-0.4, -0.2) is 24.9 Å². The van der Waals surface area contributed by atoms with Gasteiger partial charge in [-0.3, -0.25) is 4.79 Å². The van der Waals surface area contributed by atoms with Gasteiger partial charge in [0.15, 0.2) is 0 Å². The molecule has 0 saturated heterocycles. The summed E-state index contributed by atoms with van der Waals surface area (Å²) in [5.41, 5.74) is 1.01. The first-order valence-electron chi connectivity index (χ1n) is 3.85. The van der Waals surface area contributed by atoms with E-state index >= 15 is 0 Å². The maximum absolute atomic E-state index is 11.2. The monoisotopic (exact) mass is 346 g/mol. The summed E-state index contributed by atoms with van der Waals surface area (Å²) in [4.78, 5) is 12.8. The maximum atomic E-state index is 11.2. The Morgan fingerprint density at radius 1 is 1.54 bits per heavy atom. The molecule has 1 aromatic rings. The van der Waals surface area contributed by atoms with E-state index in [1.165, 1.54) is 0 Å². The third-order valence-corrected chi connectivity index (χ3v) is 1.63. The summed E-state index contributed by atoms with van der Waals surface area (Å²) in [7, 11) is 3.52. The predicted molar refractivity (Wildman–Crippen MR) is 47.7 cm³/mol. The topological polar surface area (TPSA) is 20.3 Å². The number of amides is 1. The Labute approximate surface area is 93.2 Å². The average molecular weight is 346 g/mol. The van der Waals surface area contributed by atoms with Crippen LogP contribution < -0.4 is 0 Å². The van der Waals surface area contributed by atoms with Crippen molar-refractivity contribution in [2.24, 2.45) is 0 Å². The van der Waals surface area contributed by atoms with E-state index in [-0.39, 0.29) is 27.0 Å². The van der Waals surface area contributed by atoms with Gasteiger partial charge in [0, 0.05) is 41.6 Å². The van der Waals surface area contributed by atoms with Crippen LogP contribution in [0.3, 0.4) is 0 Å². The number of carbonyl (C=O) groups excluding carboxylic acids is 1.